The van der Waals surface area contributed by atoms with Crippen molar-refractivity contribution in [1.82, 2.24) is 4.98 Å². The Balaban J connectivity index is 2.03. The van der Waals surface area contributed by atoms with Gasteiger partial charge in [-0.15, -0.1) is 0 Å². The van der Waals surface area contributed by atoms with Crippen molar-refractivity contribution >= 4 is 50.7 Å². The van der Waals surface area contributed by atoms with Crippen LogP contribution >= 0.6 is 15.9 Å². The van der Waals surface area contributed by atoms with E-state index in [0.29, 0.717) is 15.0 Å². The molecule has 0 atom stereocenters. The Labute approximate surface area is 115 Å². The van der Waals surface area contributed by atoms with Gasteiger partial charge in [-0.2, -0.15) is 0 Å². The summed E-state index contributed by atoms with van der Waals surface area (Å²) in [6.45, 7) is 0. The molecule has 0 aliphatic heterocycles. The molecule has 3 heteroatoms. The van der Waals surface area contributed by atoms with Crippen LogP contribution in [0, 0.1) is 0 Å². The molecule has 1 heterocycles. The van der Waals surface area contributed by atoms with Crippen molar-refractivity contribution in [2.24, 2.45) is 0 Å². The van der Waals surface area contributed by atoms with Crippen LogP contribution in [-0.4, -0.2) is 19.9 Å². The number of aromatic nitrogens is 1. The van der Waals surface area contributed by atoms with Gasteiger partial charge < -0.3 is 0 Å². The Morgan fingerprint density at radius 3 is 2.65 bits per heavy atom. The number of halogens is 1. The van der Waals surface area contributed by atoms with Crippen molar-refractivity contribution in [2.45, 2.75) is 0 Å². The zero-order valence-electron chi connectivity index (χ0n) is 8.98. The summed E-state index contributed by atoms with van der Waals surface area (Å²) >= 11 is 3.89. The molecule has 84 valence electrons. The van der Waals surface area contributed by atoms with Gasteiger partial charge in [-0.25, -0.2) is 0 Å². The summed E-state index contributed by atoms with van der Waals surface area (Å²) in [6.07, 6.45) is 2.13. The SMILES string of the molecule is Brc1ccc2[nH]cc([Se]c3ccccc3)c2c1. The van der Waals surface area contributed by atoms with Crippen LogP contribution in [0.3, 0.4) is 0 Å². The summed E-state index contributed by atoms with van der Waals surface area (Å²) in [7, 11) is 0. The van der Waals surface area contributed by atoms with Gasteiger partial charge in [0.2, 0.25) is 0 Å². The van der Waals surface area contributed by atoms with Crippen LogP contribution < -0.4 is 8.92 Å². The molecule has 1 aromatic heterocycles. The second kappa shape index (κ2) is 4.69. The number of hydrogen-bond donors (Lipinski definition) is 1. The normalized spacial score (nSPS) is 10.9. The van der Waals surface area contributed by atoms with E-state index in [1.165, 1.54) is 19.8 Å². The van der Waals surface area contributed by atoms with Crippen LogP contribution in [-0.2, 0) is 0 Å². The molecule has 0 fully saturated rings. The van der Waals surface area contributed by atoms with Crippen LogP contribution in [0.2, 0.25) is 0 Å². The van der Waals surface area contributed by atoms with Crippen molar-refractivity contribution < 1.29 is 0 Å². The van der Waals surface area contributed by atoms with Gasteiger partial charge in [-0.1, -0.05) is 0 Å². The van der Waals surface area contributed by atoms with E-state index in [2.05, 4.69) is 75.6 Å². The minimum absolute atomic E-state index is 0.361. The van der Waals surface area contributed by atoms with Crippen molar-refractivity contribution in [3.63, 3.8) is 0 Å². The average Bonchev–Trinajstić information content (AvgIpc) is 2.73. The van der Waals surface area contributed by atoms with E-state index in [-0.39, 0.29) is 0 Å². The van der Waals surface area contributed by atoms with Gasteiger partial charge >= 0.3 is 115 Å². The number of aromatic amines is 1. The fourth-order valence-electron chi connectivity index (χ4n) is 1.77. The zero-order chi connectivity index (χ0) is 11.7. The first-order valence-corrected chi connectivity index (χ1v) is 7.83. The first-order chi connectivity index (χ1) is 8.33. The van der Waals surface area contributed by atoms with Crippen LogP contribution in [0.1, 0.15) is 0 Å². The molecule has 0 aliphatic rings. The van der Waals surface area contributed by atoms with Gasteiger partial charge in [0.05, 0.1) is 0 Å². The molecule has 0 unspecified atom stereocenters. The second-order valence-corrected chi connectivity index (χ2v) is 7.01. The van der Waals surface area contributed by atoms with E-state index in [4.69, 9.17) is 0 Å². The van der Waals surface area contributed by atoms with Gasteiger partial charge in [0.25, 0.3) is 0 Å². The summed E-state index contributed by atoms with van der Waals surface area (Å²) in [5.41, 5.74) is 1.21. The van der Waals surface area contributed by atoms with Crippen LogP contribution in [0.25, 0.3) is 10.9 Å². The number of fused-ring (bicyclic) bond motifs is 1. The van der Waals surface area contributed by atoms with Gasteiger partial charge in [0, 0.05) is 0 Å². The van der Waals surface area contributed by atoms with Crippen molar-refractivity contribution in [3.05, 3.63) is 59.2 Å². The zero-order valence-corrected chi connectivity index (χ0v) is 12.3. The van der Waals surface area contributed by atoms with E-state index in [0.717, 1.165) is 4.47 Å². The number of nitrogens with one attached hydrogen (secondary N) is 1. The molecule has 0 aliphatic carbocycles. The third-order valence-electron chi connectivity index (χ3n) is 2.58. The van der Waals surface area contributed by atoms with E-state index in [9.17, 15) is 0 Å². The van der Waals surface area contributed by atoms with Crippen LogP contribution in [0.15, 0.2) is 59.2 Å². The molecule has 0 saturated heterocycles. The topological polar surface area (TPSA) is 15.8 Å². The molecule has 3 rings (SSSR count). The number of rotatable bonds is 2. The summed E-state index contributed by atoms with van der Waals surface area (Å²) < 4.78 is 3.94. The average molecular weight is 351 g/mol. The Bertz CT molecular complexity index is 646. The molecular formula is C14H10BrNSe. The van der Waals surface area contributed by atoms with E-state index < -0.39 is 0 Å². The van der Waals surface area contributed by atoms with Gasteiger partial charge in [-0.05, 0) is 0 Å². The molecule has 0 amide bonds. The molecule has 3 aromatic rings. The monoisotopic (exact) mass is 351 g/mol. The number of H-pyrrole nitrogens is 1. The molecule has 1 N–H and O–H groups in total. The fraction of sp³-hybridized carbons (Fsp3) is 0. The summed E-state index contributed by atoms with van der Waals surface area (Å²) in [4.78, 5) is 3.33. The number of hydrogen-bond acceptors (Lipinski definition) is 0. The van der Waals surface area contributed by atoms with Gasteiger partial charge in [0.15, 0.2) is 0 Å². The van der Waals surface area contributed by atoms with Crippen molar-refractivity contribution in [1.29, 1.82) is 0 Å². The van der Waals surface area contributed by atoms with Crippen molar-refractivity contribution in [3.8, 4) is 0 Å². The third kappa shape index (κ3) is 2.32. The maximum absolute atomic E-state index is 3.53. The Hall–Kier alpha value is -1.02. The molecule has 0 saturated carbocycles. The van der Waals surface area contributed by atoms with Gasteiger partial charge in [0.1, 0.15) is 0 Å². The minimum atomic E-state index is 0.361. The first kappa shape index (κ1) is 11.1. The first-order valence-electron chi connectivity index (χ1n) is 5.32. The quantitative estimate of drug-likeness (QED) is 0.684. The predicted molar refractivity (Wildman–Crippen MR) is 77.5 cm³/mol. The van der Waals surface area contributed by atoms with Crippen LogP contribution in [0.4, 0.5) is 0 Å². The molecule has 2 aromatic carbocycles. The molecule has 17 heavy (non-hydrogen) atoms. The molecule has 1 nitrogen and oxygen atoms in total. The summed E-state index contributed by atoms with van der Waals surface area (Å²) in [5.74, 6) is 0. The second-order valence-electron chi connectivity index (χ2n) is 3.76. The van der Waals surface area contributed by atoms with Gasteiger partial charge in [-0.3, -0.25) is 0 Å². The molecule has 0 radical (unpaired) electrons. The van der Waals surface area contributed by atoms with Crippen molar-refractivity contribution in [2.75, 3.05) is 0 Å². The molecule has 0 spiro atoms. The molecule has 0 bridgehead atoms. The van der Waals surface area contributed by atoms with E-state index in [1.807, 2.05) is 0 Å². The molecular weight excluding hydrogens is 341 g/mol. The Kier molecular flexibility index (Phi) is 3.06. The third-order valence-corrected chi connectivity index (χ3v) is 5.31. The Morgan fingerprint density at radius 2 is 1.82 bits per heavy atom. The Morgan fingerprint density at radius 1 is 1.00 bits per heavy atom. The fourth-order valence-corrected chi connectivity index (χ4v) is 4.11. The standard InChI is InChI=1S/C14H10BrNSe/c15-10-6-7-13-12(8-10)14(9-16-13)17-11-4-2-1-3-5-11/h1-9,16H. The van der Waals surface area contributed by atoms with Crippen LogP contribution in [0.5, 0.6) is 0 Å². The van der Waals surface area contributed by atoms with E-state index >= 15 is 0 Å². The number of benzene rings is 2. The predicted octanol–water partition coefficient (Wildman–Crippen LogP) is 2.59. The van der Waals surface area contributed by atoms with E-state index in [1.54, 1.807) is 0 Å². The maximum atomic E-state index is 3.53. The summed E-state index contributed by atoms with van der Waals surface area (Å²) in [5, 5.41) is 1.32. The summed E-state index contributed by atoms with van der Waals surface area (Å²) in [6, 6.07) is 17.0.